The van der Waals surface area contributed by atoms with Gasteiger partial charge in [0.05, 0.1) is 44.3 Å². The lowest BCUT2D eigenvalue weighted by Gasteiger charge is -2.28. The first-order valence-corrected chi connectivity index (χ1v) is 11.0. The summed E-state index contributed by atoms with van der Waals surface area (Å²) in [6.07, 6.45) is -5.69. The number of alkyl halides is 3. The number of methoxy groups -OCH3 is 2. The van der Waals surface area contributed by atoms with Gasteiger partial charge < -0.3 is 14.2 Å². The van der Waals surface area contributed by atoms with E-state index in [4.69, 9.17) is 14.2 Å². The maximum Gasteiger partial charge on any atom is 0.418 e. The zero-order valence-corrected chi connectivity index (χ0v) is 20.6. The molecule has 190 valence electrons. The summed E-state index contributed by atoms with van der Waals surface area (Å²) in [6.45, 7) is 4.90. The highest BCUT2D eigenvalue weighted by molar-refractivity contribution is 5.92. The Bertz CT molecular complexity index is 1310. The van der Waals surface area contributed by atoms with Gasteiger partial charge in [-0.05, 0) is 50.6 Å². The van der Waals surface area contributed by atoms with Crippen LogP contribution in [0.4, 0.5) is 23.8 Å². The Kier molecular flexibility index (Phi) is 7.62. The maximum absolute atomic E-state index is 13.8. The van der Waals surface area contributed by atoms with Crippen molar-refractivity contribution in [2.24, 2.45) is 0 Å². The molecule has 0 spiro atoms. The van der Waals surface area contributed by atoms with E-state index in [0.717, 1.165) is 11.0 Å². The van der Waals surface area contributed by atoms with Crippen LogP contribution >= 0.6 is 0 Å². The molecule has 0 aliphatic rings. The van der Waals surface area contributed by atoms with Crippen molar-refractivity contribution in [2.45, 2.75) is 45.5 Å². The lowest BCUT2D eigenvalue weighted by atomic mass is 10.0. The molecule has 0 atom stereocenters. The molecule has 0 saturated carbocycles. The van der Waals surface area contributed by atoms with E-state index in [-0.39, 0.29) is 29.7 Å². The number of anilines is 1. The number of carbonyl (C=O) groups is 1. The second kappa shape index (κ2) is 10.3. The summed E-state index contributed by atoms with van der Waals surface area (Å²) in [5.74, 6) is 0.836. The van der Waals surface area contributed by atoms with Crippen LogP contribution in [-0.2, 0) is 23.9 Å². The highest BCUT2D eigenvalue weighted by atomic mass is 19.4. The van der Waals surface area contributed by atoms with Crippen LogP contribution < -0.4 is 14.4 Å². The first-order chi connectivity index (χ1) is 16.9. The summed E-state index contributed by atoms with van der Waals surface area (Å²) in [5.41, 5.74) is -1.37. The fraction of sp³-hybridized carbons (Fsp3) is 0.346. The Morgan fingerprint density at radius 2 is 1.78 bits per heavy atom. The SMILES string of the molecule is COc1ccc(CN(C(=O)OC(C)(C)C)c2cc(CC#N)c3cccc(C(F)(F)F)c3n2)c(OC)c1. The molecule has 0 aliphatic heterocycles. The van der Waals surface area contributed by atoms with Crippen LogP contribution in [0.5, 0.6) is 11.5 Å². The van der Waals surface area contributed by atoms with Gasteiger partial charge in [0.2, 0.25) is 0 Å². The quantitative estimate of drug-likeness (QED) is 0.395. The summed E-state index contributed by atoms with van der Waals surface area (Å²) in [5, 5.41) is 9.51. The molecule has 0 aliphatic carbocycles. The van der Waals surface area contributed by atoms with E-state index >= 15 is 0 Å². The zero-order chi connectivity index (χ0) is 26.7. The van der Waals surface area contributed by atoms with Crippen molar-refractivity contribution in [1.82, 2.24) is 4.98 Å². The Labute approximate surface area is 207 Å². The molecular weight excluding hydrogens is 475 g/mol. The van der Waals surface area contributed by atoms with Crippen molar-refractivity contribution in [3.8, 4) is 17.6 Å². The van der Waals surface area contributed by atoms with Gasteiger partial charge in [0.1, 0.15) is 22.9 Å². The van der Waals surface area contributed by atoms with Gasteiger partial charge in [0.15, 0.2) is 0 Å². The number of rotatable bonds is 6. The molecule has 0 bridgehead atoms. The van der Waals surface area contributed by atoms with Gasteiger partial charge in [-0.15, -0.1) is 0 Å². The van der Waals surface area contributed by atoms with E-state index < -0.39 is 23.4 Å². The third-order valence-electron chi connectivity index (χ3n) is 5.20. The molecule has 0 N–H and O–H groups in total. The second-order valence-corrected chi connectivity index (χ2v) is 8.92. The molecule has 36 heavy (non-hydrogen) atoms. The van der Waals surface area contributed by atoms with Crippen molar-refractivity contribution in [1.29, 1.82) is 5.26 Å². The minimum absolute atomic E-state index is 0.0865. The predicted octanol–water partition coefficient (Wildman–Crippen LogP) is 6.28. The fourth-order valence-corrected chi connectivity index (χ4v) is 3.61. The van der Waals surface area contributed by atoms with Gasteiger partial charge in [-0.1, -0.05) is 12.1 Å². The molecule has 7 nitrogen and oxygen atoms in total. The standard InChI is InChI=1S/C26H26F3N3O4/c1-25(2,3)36-24(33)32(15-17-9-10-18(34-4)14-21(17)35-5)22-13-16(11-12-30)19-7-6-8-20(23(19)31-22)26(27,28)29/h6-10,13-14H,11,15H2,1-5H3. The molecule has 3 aromatic rings. The van der Waals surface area contributed by atoms with Gasteiger partial charge in [0, 0.05) is 17.0 Å². The first kappa shape index (κ1) is 26.6. The number of nitrogens with zero attached hydrogens (tertiary/aromatic N) is 3. The summed E-state index contributed by atoms with van der Waals surface area (Å²) < 4.78 is 57.7. The monoisotopic (exact) mass is 501 g/mol. The summed E-state index contributed by atoms with van der Waals surface area (Å²) in [4.78, 5) is 18.7. The minimum atomic E-state index is -4.69. The van der Waals surface area contributed by atoms with E-state index in [2.05, 4.69) is 4.98 Å². The van der Waals surface area contributed by atoms with Crippen LogP contribution in [0, 0.1) is 11.3 Å². The van der Waals surface area contributed by atoms with Gasteiger partial charge in [-0.3, -0.25) is 4.90 Å². The molecule has 1 aromatic heterocycles. The highest BCUT2D eigenvalue weighted by Gasteiger charge is 2.34. The number of amides is 1. The van der Waals surface area contributed by atoms with Gasteiger partial charge >= 0.3 is 12.3 Å². The summed E-state index contributed by atoms with van der Waals surface area (Å²) in [6, 6.07) is 12.0. The first-order valence-electron chi connectivity index (χ1n) is 11.0. The molecule has 0 unspecified atom stereocenters. The lowest BCUT2D eigenvalue weighted by molar-refractivity contribution is -0.136. The smallest absolute Gasteiger partial charge is 0.418 e. The van der Waals surface area contributed by atoms with Crippen LogP contribution in [0.25, 0.3) is 10.9 Å². The average Bonchev–Trinajstić information content (AvgIpc) is 2.80. The van der Waals surface area contributed by atoms with E-state index in [1.807, 2.05) is 6.07 Å². The normalized spacial score (nSPS) is 11.6. The third kappa shape index (κ3) is 5.97. The number of ether oxygens (including phenoxy) is 3. The molecular formula is C26H26F3N3O4. The van der Waals surface area contributed by atoms with E-state index in [1.165, 1.54) is 32.4 Å². The summed E-state index contributed by atoms with van der Waals surface area (Å²) >= 11 is 0. The molecule has 1 amide bonds. The molecule has 1 heterocycles. The number of benzene rings is 2. The van der Waals surface area contributed by atoms with Crippen molar-refractivity contribution in [3.05, 3.63) is 59.2 Å². The van der Waals surface area contributed by atoms with Crippen molar-refractivity contribution in [2.75, 3.05) is 19.1 Å². The fourth-order valence-electron chi connectivity index (χ4n) is 3.61. The number of aromatic nitrogens is 1. The molecule has 0 fully saturated rings. The predicted molar refractivity (Wildman–Crippen MR) is 128 cm³/mol. The van der Waals surface area contributed by atoms with Crippen LogP contribution in [0.2, 0.25) is 0 Å². The Morgan fingerprint density at radius 1 is 1.06 bits per heavy atom. The number of halogens is 3. The second-order valence-electron chi connectivity index (χ2n) is 8.92. The van der Waals surface area contributed by atoms with Crippen LogP contribution in [-0.4, -0.2) is 30.9 Å². The highest BCUT2D eigenvalue weighted by Crippen LogP contribution is 2.37. The van der Waals surface area contributed by atoms with E-state index in [1.54, 1.807) is 39.0 Å². The molecule has 10 heteroatoms. The van der Waals surface area contributed by atoms with E-state index in [0.29, 0.717) is 22.6 Å². The largest absolute Gasteiger partial charge is 0.497 e. The van der Waals surface area contributed by atoms with Crippen LogP contribution in [0.3, 0.4) is 0 Å². The number of hydrogen-bond donors (Lipinski definition) is 0. The van der Waals surface area contributed by atoms with Gasteiger partial charge in [-0.25, -0.2) is 9.78 Å². The summed E-state index contributed by atoms with van der Waals surface area (Å²) in [7, 11) is 2.94. The van der Waals surface area contributed by atoms with Gasteiger partial charge in [-0.2, -0.15) is 18.4 Å². The lowest BCUT2D eigenvalue weighted by Crippen LogP contribution is -2.37. The number of pyridine rings is 1. The number of carbonyl (C=O) groups excluding carboxylic acids is 1. The molecule has 3 rings (SSSR count). The minimum Gasteiger partial charge on any atom is -0.497 e. The van der Waals surface area contributed by atoms with Gasteiger partial charge in [0.25, 0.3) is 0 Å². The van der Waals surface area contributed by atoms with Crippen molar-refractivity contribution < 1.29 is 32.2 Å². The van der Waals surface area contributed by atoms with Crippen molar-refractivity contribution >= 4 is 22.8 Å². The Balaban J connectivity index is 2.25. The topological polar surface area (TPSA) is 84.7 Å². The number of hydrogen-bond acceptors (Lipinski definition) is 6. The number of para-hydroxylation sites is 1. The molecule has 0 saturated heterocycles. The Morgan fingerprint density at radius 3 is 2.36 bits per heavy atom. The number of fused-ring (bicyclic) bond motifs is 1. The molecule has 2 aromatic carbocycles. The molecule has 0 radical (unpaired) electrons. The van der Waals surface area contributed by atoms with Crippen molar-refractivity contribution in [3.63, 3.8) is 0 Å². The number of nitriles is 1. The van der Waals surface area contributed by atoms with Crippen LogP contribution in [0.1, 0.15) is 37.5 Å². The maximum atomic E-state index is 13.8. The van der Waals surface area contributed by atoms with Crippen LogP contribution in [0.15, 0.2) is 42.5 Å². The third-order valence-corrected chi connectivity index (χ3v) is 5.20. The Hall–Kier alpha value is -4.00. The average molecular weight is 502 g/mol. The zero-order valence-electron chi connectivity index (χ0n) is 20.6. The van der Waals surface area contributed by atoms with E-state index in [9.17, 15) is 23.2 Å².